The van der Waals surface area contributed by atoms with Crippen molar-refractivity contribution in [2.45, 2.75) is 37.6 Å². The molecule has 26 heavy (non-hydrogen) atoms. The lowest BCUT2D eigenvalue weighted by molar-refractivity contribution is -0.127. The number of piperidine rings is 1. The maximum atomic E-state index is 12.8. The van der Waals surface area contributed by atoms with Gasteiger partial charge in [0.15, 0.2) is 0 Å². The van der Waals surface area contributed by atoms with Gasteiger partial charge in [0.25, 0.3) is 0 Å². The minimum Gasteiger partial charge on any atom is -0.494 e. The van der Waals surface area contributed by atoms with Crippen LogP contribution >= 0.6 is 0 Å². The number of methoxy groups -OCH3 is 1. The molecule has 1 aliphatic heterocycles. The summed E-state index contributed by atoms with van der Waals surface area (Å²) in [5.41, 5.74) is 0. The predicted octanol–water partition coefficient (Wildman–Crippen LogP) is 1.64. The van der Waals surface area contributed by atoms with Gasteiger partial charge in [-0.15, -0.1) is 0 Å². The Morgan fingerprint density at radius 2 is 1.88 bits per heavy atom. The number of nitrogens with zero attached hydrogens (tertiary/aromatic N) is 1. The second-order valence-corrected chi connectivity index (χ2v) is 8.39. The van der Waals surface area contributed by atoms with Gasteiger partial charge < -0.3 is 14.8 Å². The van der Waals surface area contributed by atoms with Crippen LogP contribution in [-0.2, 0) is 19.6 Å². The summed E-state index contributed by atoms with van der Waals surface area (Å²) in [6, 6.07) is 6.39. The Morgan fingerprint density at radius 3 is 2.42 bits per heavy atom. The van der Waals surface area contributed by atoms with Crippen LogP contribution in [0.25, 0.3) is 0 Å². The first-order valence-electron chi connectivity index (χ1n) is 8.90. The number of sulfonamides is 1. The van der Waals surface area contributed by atoms with Crippen molar-refractivity contribution in [3.63, 3.8) is 0 Å². The fourth-order valence-electron chi connectivity index (χ4n) is 3.03. The van der Waals surface area contributed by atoms with Crippen molar-refractivity contribution in [1.29, 1.82) is 0 Å². The van der Waals surface area contributed by atoms with Crippen LogP contribution in [0.15, 0.2) is 29.2 Å². The van der Waals surface area contributed by atoms with E-state index in [9.17, 15) is 13.2 Å². The molecule has 1 heterocycles. The lowest BCUT2D eigenvalue weighted by Crippen LogP contribution is -2.45. The van der Waals surface area contributed by atoms with Gasteiger partial charge in [-0.2, -0.15) is 4.31 Å². The average molecular weight is 384 g/mol. The summed E-state index contributed by atoms with van der Waals surface area (Å²) in [5, 5.41) is 2.91. The minimum absolute atomic E-state index is 0.0346. The maximum absolute atomic E-state index is 12.8. The zero-order valence-electron chi connectivity index (χ0n) is 15.6. The van der Waals surface area contributed by atoms with Crippen molar-refractivity contribution in [2.75, 3.05) is 33.4 Å². The molecule has 0 spiro atoms. The van der Waals surface area contributed by atoms with E-state index in [1.807, 2.05) is 13.8 Å². The Hall–Kier alpha value is -1.64. The van der Waals surface area contributed by atoms with Gasteiger partial charge in [0.2, 0.25) is 15.9 Å². The number of benzene rings is 1. The number of carbonyl (C=O) groups excluding carboxylic acids is 1. The van der Waals surface area contributed by atoms with Gasteiger partial charge in [-0.1, -0.05) is 0 Å². The highest BCUT2D eigenvalue weighted by Gasteiger charge is 2.32. The Balaban J connectivity index is 1.94. The van der Waals surface area contributed by atoms with Crippen molar-refractivity contribution < 1.29 is 22.7 Å². The molecule has 0 aromatic heterocycles. The molecule has 1 aromatic carbocycles. The minimum atomic E-state index is -3.55. The van der Waals surface area contributed by atoms with Crippen molar-refractivity contribution in [2.24, 2.45) is 5.92 Å². The van der Waals surface area contributed by atoms with E-state index in [0.29, 0.717) is 44.9 Å². The Morgan fingerprint density at radius 1 is 1.27 bits per heavy atom. The van der Waals surface area contributed by atoms with Gasteiger partial charge in [-0.3, -0.25) is 4.79 Å². The van der Waals surface area contributed by atoms with Crippen molar-refractivity contribution >= 4 is 15.9 Å². The fourth-order valence-corrected chi connectivity index (χ4v) is 4.50. The second kappa shape index (κ2) is 9.34. The van der Waals surface area contributed by atoms with Gasteiger partial charge in [-0.05, 0) is 51.0 Å². The predicted molar refractivity (Wildman–Crippen MR) is 98.6 cm³/mol. The fraction of sp³-hybridized carbons (Fsp3) is 0.611. The highest BCUT2D eigenvalue weighted by molar-refractivity contribution is 7.89. The van der Waals surface area contributed by atoms with Crippen LogP contribution in [0.4, 0.5) is 0 Å². The first-order valence-corrected chi connectivity index (χ1v) is 10.3. The number of ether oxygens (including phenoxy) is 2. The molecule has 2 rings (SSSR count). The van der Waals surface area contributed by atoms with Crippen LogP contribution < -0.4 is 10.1 Å². The first-order chi connectivity index (χ1) is 12.4. The highest BCUT2D eigenvalue weighted by Crippen LogP contribution is 2.25. The van der Waals surface area contributed by atoms with E-state index in [1.165, 1.54) is 4.31 Å². The van der Waals surface area contributed by atoms with Gasteiger partial charge in [0.05, 0.1) is 18.1 Å². The molecule has 1 atom stereocenters. The number of amides is 1. The van der Waals surface area contributed by atoms with E-state index in [2.05, 4.69) is 5.32 Å². The van der Waals surface area contributed by atoms with E-state index >= 15 is 0 Å². The zero-order chi connectivity index (χ0) is 19.2. The summed E-state index contributed by atoms with van der Waals surface area (Å²) in [6.07, 6.45) is 1.03. The molecule has 1 aliphatic rings. The lowest BCUT2D eigenvalue weighted by Gasteiger charge is -2.31. The van der Waals surface area contributed by atoms with Gasteiger partial charge in [-0.25, -0.2) is 8.42 Å². The third-order valence-electron chi connectivity index (χ3n) is 4.40. The summed E-state index contributed by atoms with van der Waals surface area (Å²) in [7, 11) is -1.96. The summed E-state index contributed by atoms with van der Waals surface area (Å²) in [5.74, 6) is 0.445. The molecule has 1 unspecified atom stereocenters. The maximum Gasteiger partial charge on any atom is 0.243 e. The van der Waals surface area contributed by atoms with Gasteiger partial charge in [0, 0.05) is 32.2 Å². The van der Waals surface area contributed by atoms with E-state index in [4.69, 9.17) is 9.47 Å². The number of nitrogens with one attached hydrogen (secondary N) is 1. The largest absolute Gasteiger partial charge is 0.494 e. The van der Waals surface area contributed by atoms with E-state index in [1.54, 1.807) is 31.4 Å². The third-order valence-corrected chi connectivity index (χ3v) is 6.32. The normalized spacial score (nSPS) is 17.7. The number of rotatable bonds is 8. The SMILES string of the molecule is CCOc1ccc(S(=O)(=O)N2CCC(C(=O)NC(C)COC)CC2)cc1. The molecule has 0 radical (unpaired) electrons. The number of hydrogen-bond donors (Lipinski definition) is 1. The summed E-state index contributed by atoms with van der Waals surface area (Å²) in [6.45, 7) is 5.42. The first kappa shape index (κ1) is 20.7. The van der Waals surface area contributed by atoms with Crippen LogP contribution in [0.3, 0.4) is 0 Å². The molecule has 146 valence electrons. The summed E-state index contributed by atoms with van der Waals surface area (Å²) in [4.78, 5) is 12.5. The third kappa shape index (κ3) is 5.18. The monoisotopic (exact) mass is 384 g/mol. The number of hydrogen-bond acceptors (Lipinski definition) is 5. The summed E-state index contributed by atoms with van der Waals surface area (Å²) >= 11 is 0. The van der Waals surface area contributed by atoms with E-state index < -0.39 is 10.0 Å². The van der Waals surface area contributed by atoms with Crippen LogP contribution in [0, 0.1) is 5.92 Å². The van der Waals surface area contributed by atoms with Gasteiger partial charge in [0.1, 0.15) is 5.75 Å². The van der Waals surface area contributed by atoms with Crippen LogP contribution in [0.1, 0.15) is 26.7 Å². The molecular formula is C18H28N2O5S. The van der Waals surface area contributed by atoms with Crippen LogP contribution in [0.2, 0.25) is 0 Å². The van der Waals surface area contributed by atoms with E-state index in [0.717, 1.165) is 0 Å². The molecule has 0 saturated carbocycles. The lowest BCUT2D eigenvalue weighted by atomic mass is 9.97. The molecule has 0 aliphatic carbocycles. The molecule has 7 nitrogen and oxygen atoms in total. The molecule has 1 N–H and O–H groups in total. The Labute approximate surface area is 155 Å². The topological polar surface area (TPSA) is 84.9 Å². The standard InChI is InChI=1S/C18H28N2O5S/c1-4-25-16-5-7-17(8-6-16)26(22,23)20-11-9-15(10-12-20)18(21)19-14(2)13-24-3/h5-8,14-15H,4,9-13H2,1-3H3,(H,19,21). The highest BCUT2D eigenvalue weighted by atomic mass is 32.2. The smallest absolute Gasteiger partial charge is 0.243 e. The average Bonchev–Trinajstić information content (AvgIpc) is 2.62. The van der Waals surface area contributed by atoms with Crippen LogP contribution in [0.5, 0.6) is 5.75 Å². The molecule has 8 heteroatoms. The molecule has 1 aromatic rings. The number of carbonyl (C=O) groups is 1. The molecular weight excluding hydrogens is 356 g/mol. The Kier molecular flexibility index (Phi) is 7.43. The molecule has 1 saturated heterocycles. The second-order valence-electron chi connectivity index (χ2n) is 6.45. The zero-order valence-corrected chi connectivity index (χ0v) is 16.4. The quantitative estimate of drug-likeness (QED) is 0.736. The van der Waals surface area contributed by atoms with Gasteiger partial charge >= 0.3 is 0 Å². The van der Waals surface area contributed by atoms with Crippen LogP contribution in [-0.4, -0.2) is 58.1 Å². The van der Waals surface area contributed by atoms with Crippen molar-refractivity contribution in [1.82, 2.24) is 9.62 Å². The molecule has 0 bridgehead atoms. The van der Waals surface area contributed by atoms with Crippen molar-refractivity contribution in [3.8, 4) is 5.75 Å². The molecule has 1 amide bonds. The van der Waals surface area contributed by atoms with Crippen molar-refractivity contribution in [3.05, 3.63) is 24.3 Å². The Bertz CT molecular complexity index is 682. The van der Waals surface area contributed by atoms with E-state index in [-0.39, 0.29) is 22.8 Å². The summed E-state index contributed by atoms with van der Waals surface area (Å²) < 4.78 is 37.3. The molecule has 1 fully saturated rings.